The molecule has 0 atom stereocenters. The minimum absolute atomic E-state index is 0.185. The lowest BCUT2D eigenvalue weighted by Gasteiger charge is -2.00. The quantitative estimate of drug-likeness (QED) is 0.768. The number of aromatic hydroxyl groups is 1. The van der Waals surface area contributed by atoms with Crippen molar-refractivity contribution in [2.24, 2.45) is 0 Å². The number of nitrogens with one attached hydrogen (secondary N) is 1. The van der Waals surface area contributed by atoms with Crippen LogP contribution in [0.15, 0.2) is 18.2 Å². The second kappa shape index (κ2) is 7.57. The molecule has 0 aliphatic heterocycles. The van der Waals surface area contributed by atoms with Crippen molar-refractivity contribution in [3.8, 4) is 16.3 Å². The van der Waals surface area contributed by atoms with Crippen LogP contribution in [0.1, 0.15) is 24.8 Å². The van der Waals surface area contributed by atoms with Crippen LogP contribution in [0.3, 0.4) is 0 Å². The van der Waals surface area contributed by atoms with E-state index in [2.05, 4.69) is 22.4 Å². The first kappa shape index (κ1) is 15.2. The third-order valence-corrected chi connectivity index (χ3v) is 4.16. The molecule has 0 saturated heterocycles. The molecule has 2 rings (SSSR count). The average molecular weight is 312 g/mol. The lowest BCUT2D eigenvalue weighted by atomic mass is 10.2. The highest BCUT2D eigenvalue weighted by Gasteiger charge is 2.10. The van der Waals surface area contributed by atoms with Crippen molar-refractivity contribution < 1.29 is 5.11 Å². The largest absolute Gasteiger partial charge is 0.508 e. The fourth-order valence-corrected chi connectivity index (χ4v) is 2.98. The summed E-state index contributed by atoms with van der Waals surface area (Å²) in [6.45, 7) is 4.21. The molecule has 1 aromatic carbocycles. The van der Waals surface area contributed by atoms with Crippen molar-refractivity contribution >= 4 is 22.9 Å². The van der Waals surface area contributed by atoms with E-state index in [9.17, 15) is 5.11 Å². The van der Waals surface area contributed by atoms with Gasteiger partial charge in [-0.15, -0.1) is 10.2 Å². The standard InChI is InChI=1S/C14H18ClN3OS/c1-2-7-16-8-3-4-13-17-18-14(20-13)11-9-10(19)5-6-12(11)15/h5-6,9,16,19H,2-4,7-8H2,1H3. The summed E-state index contributed by atoms with van der Waals surface area (Å²) in [7, 11) is 0. The van der Waals surface area contributed by atoms with Crippen LogP contribution in [-0.4, -0.2) is 28.4 Å². The summed E-state index contributed by atoms with van der Waals surface area (Å²) in [5.41, 5.74) is 0.736. The Labute approximate surface area is 127 Å². The molecule has 0 radical (unpaired) electrons. The highest BCUT2D eigenvalue weighted by Crippen LogP contribution is 2.33. The molecule has 0 amide bonds. The first-order chi connectivity index (χ1) is 9.70. The van der Waals surface area contributed by atoms with Crippen LogP contribution in [0.2, 0.25) is 5.02 Å². The lowest BCUT2D eigenvalue weighted by molar-refractivity contribution is 0.475. The van der Waals surface area contributed by atoms with E-state index in [-0.39, 0.29) is 5.75 Å². The van der Waals surface area contributed by atoms with Crippen LogP contribution in [0.25, 0.3) is 10.6 Å². The second-order valence-electron chi connectivity index (χ2n) is 4.52. The third kappa shape index (κ3) is 4.16. The smallest absolute Gasteiger partial charge is 0.149 e. The zero-order valence-electron chi connectivity index (χ0n) is 11.4. The highest BCUT2D eigenvalue weighted by molar-refractivity contribution is 7.14. The predicted octanol–water partition coefficient (Wildman–Crippen LogP) is 3.50. The molecule has 0 aliphatic carbocycles. The number of nitrogens with zero attached hydrogens (tertiary/aromatic N) is 2. The average Bonchev–Trinajstić information content (AvgIpc) is 2.90. The zero-order valence-corrected chi connectivity index (χ0v) is 13.0. The van der Waals surface area contributed by atoms with Crippen LogP contribution in [0.5, 0.6) is 5.75 Å². The van der Waals surface area contributed by atoms with Gasteiger partial charge in [0.25, 0.3) is 0 Å². The van der Waals surface area contributed by atoms with Crippen molar-refractivity contribution in [3.05, 3.63) is 28.2 Å². The van der Waals surface area contributed by atoms with Crippen LogP contribution < -0.4 is 5.32 Å². The zero-order chi connectivity index (χ0) is 14.4. The molecule has 0 unspecified atom stereocenters. The van der Waals surface area contributed by atoms with Gasteiger partial charge in [-0.2, -0.15) is 0 Å². The maximum absolute atomic E-state index is 9.52. The maximum atomic E-state index is 9.52. The number of aromatic nitrogens is 2. The molecule has 0 spiro atoms. The number of phenols is 1. The summed E-state index contributed by atoms with van der Waals surface area (Å²) >= 11 is 7.65. The molecule has 108 valence electrons. The number of aryl methyl sites for hydroxylation is 1. The molecule has 2 aromatic rings. The van der Waals surface area contributed by atoms with Gasteiger partial charge in [-0.3, -0.25) is 0 Å². The van der Waals surface area contributed by atoms with E-state index in [1.807, 2.05) is 0 Å². The van der Waals surface area contributed by atoms with Crippen molar-refractivity contribution in [2.45, 2.75) is 26.2 Å². The number of rotatable bonds is 7. The minimum atomic E-state index is 0.185. The van der Waals surface area contributed by atoms with Crippen LogP contribution in [0.4, 0.5) is 0 Å². The Morgan fingerprint density at radius 3 is 2.95 bits per heavy atom. The van der Waals surface area contributed by atoms with E-state index >= 15 is 0 Å². The van der Waals surface area contributed by atoms with Gasteiger partial charge in [0, 0.05) is 12.0 Å². The molecule has 4 nitrogen and oxygen atoms in total. The number of phenolic OH excluding ortho intramolecular Hbond substituents is 1. The van der Waals surface area contributed by atoms with Crippen molar-refractivity contribution in [1.29, 1.82) is 0 Å². The highest BCUT2D eigenvalue weighted by atomic mass is 35.5. The van der Waals surface area contributed by atoms with E-state index in [1.54, 1.807) is 18.2 Å². The summed E-state index contributed by atoms with van der Waals surface area (Å²) in [6, 6.07) is 4.85. The van der Waals surface area contributed by atoms with Crippen molar-refractivity contribution in [2.75, 3.05) is 13.1 Å². The van der Waals surface area contributed by atoms with E-state index in [1.165, 1.54) is 11.3 Å². The Balaban J connectivity index is 1.96. The molecule has 6 heteroatoms. The number of halogens is 1. The molecular weight excluding hydrogens is 294 g/mol. The van der Waals surface area contributed by atoms with Crippen LogP contribution in [-0.2, 0) is 6.42 Å². The van der Waals surface area contributed by atoms with Gasteiger partial charge >= 0.3 is 0 Å². The molecule has 0 saturated carbocycles. The van der Waals surface area contributed by atoms with E-state index in [0.717, 1.165) is 47.9 Å². The number of hydrogen-bond acceptors (Lipinski definition) is 5. The fraction of sp³-hybridized carbons (Fsp3) is 0.429. The molecule has 0 fully saturated rings. The van der Waals surface area contributed by atoms with Gasteiger partial charge in [0.15, 0.2) is 0 Å². The molecule has 0 bridgehead atoms. The van der Waals surface area contributed by atoms with Crippen molar-refractivity contribution in [3.63, 3.8) is 0 Å². The number of hydrogen-bond donors (Lipinski definition) is 2. The lowest BCUT2D eigenvalue weighted by Crippen LogP contribution is -2.16. The fourth-order valence-electron chi connectivity index (χ4n) is 1.81. The first-order valence-corrected chi connectivity index (χ1v) is 7.92. The molecule has 20 heavy (non-hydrogen) atoms. The minimum Gasteiger partial charge on any atom is -0.508 e. The Kier molecular flexibility index (Phi) is 5.76. The van der Waals surface area contributed by atoms with Gasteiger partial charge in [-0.25, -0.2) is 0 Å². The Bertz CT molecular complexity index is 559. The normalized spacial score (nSPS) is 10.9. The Hall–Kier alpha value is -1.17. The van der Waals surface area contributed by atoms with Gasteiger partial charge < -0.3 is 10.4 Å². The topological polar surface area (TPSA) is 58.0 Å². The van der Waals surface area contributed by atoms with E-state index in [0.29, 0.717) is 5.02 Å². The van der Waals surface area contributed by atoms with E-state index < -0.39 is 0 Å². The van der Waals surface area contributed by atoms with Crippen LogP contribution in [0, 0.1) is 0 Å². The van der Waals surface area contributed by atoms with Gasteiger partial charge in [0.1, 0.15) is 15.8 Å². The first-order valence-electron chi connectivity index (χ1n) is 6.72. The Morgan fingerprint density at radius 1 is 1.30 bits per heavy atom. The summed E-state index contributed by atoms with van der Waals surface area (Å²) in [6.07, 6.45) is 3.10. The third-order valence-electron chi connectivity index (χ3n) is 2.82. The van der Waals surface area contributed by atoms with Gasteiger partial charge in [-0.1, -0.05) is 29.9 Å². The molecule has 0 aliphatic rings. The van der Waals surface area contributed by atoms with Gasteiger partial charge in [-0.05, 0) is 44.1 Å². The monoisotopic (exact) mass is 311 g/mol. The van der Waals surface area contributed by atoms with Gasteiger partial charge in [0.2, 0.25) is 0 Å². The summed E-state index contributed by atoms with van der Waals surface area (Å²) in [5, 5.41) is 23.5. The Morgan fingerprint density at radius 2 is 2.15 bits per heavy atom. The van der Waals surface area contributed by atoms with Crippen LogP contribution >= 0.6 is 22.9 Å². The number of benzene rings is 1. The van der Waals surface area contributed by atoms with Crippen molar-refractivity contribution in [1.82, 2.24) is 15.5 Å². The summed E-state index contributed by atoms with van der Waals surface area (Å²) < 4.78 is 0. The molecule has 1 aromatic heterocycles. The predicted molar refractivity (Wildman–Crippen MR) is 83.5 cm³/mol. The second-order valence-corrected chi connectivity index (χ2v) is 5.99. The SMILES string of the molecule is CCCNCCCc1nnc(-c2cc(O)ccc2Cl)s1. The molecule has 2 N–H and O–H groups in total. The van der Waals surface area contributed by atoms with Gasteiger partial charge in [0.05, 0.1) is 5.02 Å². The molecule has 1 heterocycles. The maximum Gasteiger partial charge on any atom is 0.149 e. The summed E-state index contributed by atoms with van der Waals surface area (Å²) in [5.74, 6) is 0.185. The van der Waals surface area contributed by atoms with E-state index in [4.69, 9.17) is 11.6 Å². The summed E-state index contributed by atoms with van der Waals surface area (Å²) in [4.78, 5) is 0. The molecular formula is C14H18ClN3OS.